The van der Waals surface area contributed by atoms with Crippen LogP contribution in [0.3, 0.4) is 0 Å². The average Bonchev–Trinajstić information content (AvgIpc) is 2.70. The first-order chi connectivity index (χ1) is 13.1. The van der Waals surface area contributed by atoms with Crippen LogP contribution >= 0.6 is 11.6 Å². The molecular formula is C21H25ClFN3O. The fourth-order valence-electron chi connectivity index (χ4n) is 3.49. The largest absolute Gasteiger partial charge is 0.381 e. The van der Waals surface area contributed by atoms with Crippen molar-refractivity contribution < 1.29 is 9.13 Å². The Labute approximate surface area is 164 Å². The van der Waals surface area contributed by atoms with E-state index in [1.807, 2.05) is 24.3 Å². The van der Waals surface area contributed by atoms with Crippen LogP contribution in [-0.2, 0) is 16.7 Å². The molecule has 1 heterocycles. The van der Waals surface area contributed by atoms with Crippen molar-refractivity contribution in [3.05, 3.63) is 70.5 Å². The zero-order chi connectivity index (χ0) is 19.1. The summed E-state index contributed by atoms with van der Waals surface area (Å²) in [6.45, 7) is 2.45. The van der Waals surface area contributed by atoms with Crippen molar-refractivity contribution in [1.82, 2.24) is 10.6 Å². The fourth-order valence-corrected chi connectivity index (χ4v) is 3.83. The summed E-state index contributed by atoms with van der Waals surface area (Å²) in [5.41, 5.74) is 1.62. The quantitative estimate of drug-likeness (QED) is 0.602. The molecule has 2 N–H and O–H groups in total. The highest BCUT2D eigenvalue weighted by molar-refractivity contribution is 6.31. The maximum Gasteiger partial charge on any atom is 0.191 e. The average molecular weight is 390 g/mol. The van der Waals surface area contributed by atoms with Gasteiger partial charge in [-0.15, -0.1) is 0 Å². The third kappa shape index (κ3) is 4.79. The summed E-state index contributed by atoms with van der Waals surface area (Å²) in [5.74, 6) is 0.411. The van der Waals surface area contributed by atoms with Crippen LogP contribution in [-0.4, -0.2) is 32.8 Å². The van der Waals surface area contributed by atoms with Gasteiger partial charge in [-0.2, -0.15) is 0 Å². The zero-order valence-corrected chi connectivity index (χ0v) is 16.2. The Morgan fingerprint density at radius 3 is 2.52 bits per heavy atom. The van der Waals surface area contributed by atoms with Crippen molar-refractivity contribution in [2.45, 2.75) is 24.8 Å². The van der Waals surface area contributed by atoms with Gasteiger partial charge in [-0.3, -0.25) is 4.99 Å². The summed E-state index contributed by atoms with van der Waals surface area (Å²) in [6.07, 6.45) is 1.77. The third-order valence-electron chi connectivity index (χ3n) is 5.12. The number of guanidine groups is 1. The van der Waals surface area contributed by atoms with Crippen LogP contribution in [0.5, 0.6) is 0 Å². The number of halogens is 2. The number of aliphatic imine (C=N–C) groups is 1. The summed E-state index contributed by atoms with van der Waals surface area (Å²) in [6, 6.07) is 14.7. The van der Waals surface area contributed by atoms with Gasteiger partial charge < -0.3 is 15.4 Å². The molecule has 1 saturated heterocycles. The smallest absolute Gasteiger partial charge is 0.191 e. The highest BCUT2D eigenvalue weighted by Crippen LogP contribution is 2.38. The monoisotopic (exact) mass is 389 g/mol. The Bertz CT molecular complexity index is 791. The highest BCUT2D eigenvalue weighted by atomic mass is 35.5. The summed E-state index contributed by atoms with van der Waals surface area (Å²) in [7, 11) is 1.71. The molecule has 0 saturated carbocycles. The Morgan fingerprint density at radius 1 is 1.11 bits per heavy atom. The van der Waals surface area contributed by atoms with E-state index in [-0.39, 0.29) is 11.2 Å². The Morgan fingerprint density at radius 2 is 1.81 bits per heavy atom. The second-order valence-electron chi connectivity index (χ2n) is 6.74. The van der Waals surface area contributed by atoms with E-state index in [0.717, 1.165) is 23.4 Å². The Balaban J connectivity index is 1.69. The van der Waals surface area contributed by atoms with Crippen LogP contribution in [0.4, 0.5) is 4.39 Å². The molecule has 0 amide bonds. The lowest BCUT2D eigenvalue weighted by Gasteiger charge is -2.38. The van der Waals surface area contributed by atoms with Crippen molar-refractivity contribution in [1.29, 1.82) is 0 Å². The zero-order valence-electron chi connectivity index (χ0n) is 15.5. The molecule has 0 atom stereocenters. The van der Waals surface area contributed by atoms with Gasteiger partial charge in [-0.05, 0) is 30.5 Å². The predicted molar refractivity (Wildman–Crippen MR) is 108 cm³/mol. The molecule has 144 valence electrons. The van der Waals surface area contributed by atoms with E-state index >= 15 is 0 Å². The summed E-state index contributed by atoms with van der Waals surface area (Å²) < 4.78 is 19.4. The van der Waals surface area contributed by atoms with Crippen molar-refractivity contribution >= 4 is 17.6 Å². The molecule has 3 rings (SSSR count). The molecule has 27 heavy (non-hydrogen) atoms. The standard InChI is InChI=1S/C21H25ClFN3O/c1-24-20(25-14-16-6-2-5-9-19(16)23)26-15-21(10-12-27-13-11-21)17-7-3-4-8-18(17)22/h2-9H,10-15H2,1H3,(H2,24,25,26). The molecule has 1 fully saturated rings. The van der Waals surface area contributed by atoms with Crippen LogP contribution in [0.25, 0.3) is 0 Å². The molecule has 2 aromatic rings. The lowest BCUT2D eigenvalue weighted by Crippen LogP contribution is -2.48. The van der Waals surface area contributed by atoms with Crippen LogP contribution < -0.4 is 10.6 Å². The maximum absolute atomic E-state index is 13.8. The van der Waals surface area contributed by atoms with Crippen LogP contribution in [0.2, 0.25) is 5.02 Å². The van der Waals surface area contributed by atoms with Crippen molar-refractivity contribution in [3.63, 3.8) is 0 Å². The second kappa shape index (κ2) is 9.20. The molecule has 4 nitrogen and oxygen atoms in total. The van der Waals surface area contributed by atoms with Crippen molar-refractivity contribution in [3.8, 4) is 0 Å². The van der Waals surface area contributed by atoms with E-state index < -0.39 is 0 Å². The van der Waals surface area contributed by atoms with E-state index in [1.165, 1.54) is 6.07 Å². The number of benzene rings is 2. The lowest BCUT2D eigenvalue weighted by atomic mass is 9.74. The first-order valence-corrected chi connectivity index (χ1v) is 9.53. The first-order valence-electron chi connectivity index (χ1n) is 9.15. The van der Waals surface area contributed by atoms with Crippen LogP contribution in [0.15, 0.2) is 53.5 Å². The van der Waals surface area contributed by atoms with E-state index in [1.54, 1.807) is 19.2 Å². The molecule has 0 spiro atoms. The Hall–Kier alpha value is -2.11. The molecule has 1 aliphatic heterocycles. The molecule has 2 aromatic carbocycles. The number of hydrogen-bond acceptors (Lipinski definition) is 2. The number of nitrogens with zero attached hydrogens (tertiary/aromatic N) is 1. The minimum atomic E-state index is -0.225. The molecule has 0 aliphatic carbocycles. The van der Waals surface area contributed by atoms with Gasteiger partial charge >= 0.3 is 0 Å². The number of nitrogens with one attached hydrogen (secondary N) is 2. The molecule has 0 radical (unpaired) electrons. The Kier molecular flexibility index (Phi) is 6.69. The first kappa shape index (κ1) is 19.6. The minimum Gasteiger partial charge on any atom is -0.381 e. The highest BCUT2D eigenvalue weighted by Gasteiger charge is 2.36. The third-order valence-corrected chi connectivity index (χ3v) is 5.45. The van der Waals surface area contributed by atoms with Crippen molar-refractivity contribution in [2.75, 3.05) is 26.8 Å². The lowest BCUT2D eigenvalue weighted by molar-refractivity contribution is 0.0514. The van der Waals surface area contributed by atoms with Gasteiger partial charge in [-0.1, -0.05) is 48.0 Å². The fraction of sp³-hybridized carbons (Fsp3) is 0.381. The topological polar surface area (TPSA) is 45.7 Å². The second-order valence-corrected chi connectivity index (χ2v) is 7.15. The molecule has 1 aliphatic rings. The maximum atomic E-state index is 13.8. The van der Waals surface area contributed by atoms with Gasteiger partial charge in [0.15, 0.2) is 5.96 Å². The van der Waals surface area contributed by atoms with E-state index in [2.05, 4.69) is 21.7 Å². The number of rotatable bonds is 5. The van der Waals surface area contributed by atoms with Crippen LogP contribution in [0.1, 0.15) is 24.0 Å². The number of ether oxygens (including phenoxy) is 1. The predicted octanol–water partition coefficient (Wildman–Crippen LogP) is 3.89. The number of hydrogen-bond donors (Lipinski definition) is 2. The van der Waals surface area contributed by atoms with Gasteiger partial charge in [0, 0.05) is 49.4 Å². The molecular weight excluding hydrogens is 365 g/mol. The van der Waals surface area contributed by atoms with Gasteiger partial charge in [-0.25, -0.2) is 4.39 Å². The SMILES string of the molecule is CN=C(NCc1ccccc1F)NCC1(c2ccccc2Cl)CCOCC1. The minimum absolute atomic E-state index is 0.119. The molecule has 6 heteroatoms. The summed E-state index contributed by atoms with van der Waals surface area (Å²) in [5, 5.41) is 7.36. The van der Waals surface area contributed by atoms with Crippen molar-refractivity contribution in [2.24, 2.45) is 4.99 Å². The van der Waals surface area contributed by atoms with Gasteiger partial charge in [0.25, 0.3) is 0 Å². The van der Waals surface area contributed by atoms with Gasteiger partial charge in [0.1, 0.15) is 5.82 Å². The van der Waals surface area contributed by atoms with E-state index in [0.29, 0.717) is 37.8 Å². The molecule has 0 bridgehead atoms. The van der Waals surface area contributed by atoms with Gasteiger partial charge in [0.2, 0.25) is 0 Å². The van der Waals surface area contributed by atoms with Gasteiger partial charge in [0.05, 0.1) is 0 Å². The summed E-state index contributed by atoms with van der Waals surface area (Å²) in [4.78, 5) is 4.27. The molecule has 0 aromatic heterocycles. The normalized spacial score (nSPS) is 16.8. The van der Waals surface area contributed by atoms with E-state index in [4.69, 9.17) is 16.3 Å². The van der Waals surface area contributed by atoms with E-state index in [9.17, 15) is 4.39 Å². The van der Waals surface area contributed by atoms with Crippen LogP contribution in [0, 0.1) is 5.82 Å². The molecule has 0 unspecified atom stereocenters. The summed E-state index contributed by atoms with van der Waals surface area (Å²) >= 11 is 6.50.